The van der Waals surface area contributed by atoms with Gasteiger partial charge in [-0.1, -0.05) is 6.07 Å². The number of aromatic nitrogens is 1. The van der Waals surface area contributed by atoms with E-state index in [4.69, 9.17) is 0 Å². The van der Waals surface area contributed by atoms with E-state index in [1.165, 1.54) is 11.1 Å². The van der Waals surface area contributed by atoms with E-state index in [1.807, 2.05) is 18.5 Å². The first kappa shape index (κ1) is 7.31. The van der Waals surface area contributed by atoms with Crippen molar-refractivity contribution in [2.45, 2.75) is 6.92 Å². The Bertz CT molecular complexity index is 317. The molecule has 0 spiro atoms. The van der Waals surface area contributed by atoms with E-state index in [2.05, 4.69) is 28.8 Å². The summed E-state index contributed by atoms with van der Waals surface area (Å²) in [5.74, 6) is 0. The van der Waals surface area contributed by atoms with Crippen molar-refractivity contribution in [3.8, 4) is 0 Å². The molecule has 0 saturated heterocycles. The summed E-state index contributed by atoms with van der Waals surface area (Å²) in [5, 5.41) is 0. The molecule has 3 nitrogen and oxygen atoms in total. The average molecular weight is 161 g/mol. The van der Waals surface area contributed by atoms with Crippen LogP contribution in [0, 0.1) is 6.92 Å². The van der Waals surface area contributed by atoms with E-state index in [9.17, 15) is 0 Å². The van der Waals surface area contributed by atoms with Crippen molar-refractivity contribution >= 4 is 5.57 Å². The second-order valence-corrected chi connectivity index (χ2v) is 2.84. The number of aryl methyl sites for hydroxylation is 1. The highest BCUT2D eigenvalue weighted by Crippen LogP contribution is 2.15. The smallest absolute Gasteiger partial charge is 0.0719 e. The lowest BCUT2D eigenvalue weighted by molar-refractivity contribution is 0.729. The molecule has 12 heavy (non-hydrogen) atoms. The summed E-state index contributed by atoms with van der Waals surface area (Å²) >= 11 is 0. The summed E-state index contributed by atoms with van der Waals surface area (Å²) in [6.07, 6.45) is 3.77. The summed E-state index contributed by atoms with van der Waals surface area (Å²) in [6, 6.07) is 4.02. The lowest BCUT2D eigenvalue weighted by Crippen LogP contribution is -2.20. The van der Waals surface area contributed by atoms with E-state index in [0.717, 1.165) is 12.2 Å². The van der Waals surface area contributed by atoms with Gasteiger partial charge in [0.15, 0.2) is 0 Å². The molecule has 0 amide bonds. The third-order valence-corrected chi connectivity index (χ3v) is 1.94. The summed E-state index contributed by atoms with van der Waals surface area (Å²) < 4.78 is 0. The molecule has 1 aliphatic heterocycles. The topological polar surface area (TPSA) is 37.0 Å². The van der Waals surface area contributed by atoms with Crippen molar-refractivity contribution in [3.05, 3.63) is 35.8 Å². The van der Waals surface area contributed by atoms with Crippen LogP contribution in [-0.4, -0.2) is 11.5 Å². The SMILES string of the molecule is Cc1cccnc1C1=CNNC1. The molecule has 1 aliphatic rings. The zero-order chi connectivity index (χ0) is 8.39. The third-order valence-electron chi connectivity index (χ3n) is 1.94. The van der Waals surface area contributed by atoms with Gasteiger partial charge in [-0.3, -0.25) is 4.98 Å². The minimum absolute atomic E-state index is 0.845. The zero-order valence-electron chi connectivity index (χ0n) is 6.96. The highest BCUT2D eigenvalue weighted by atomic mass is 15.4. The Kier molecular flexibility index (Phi) is 1.80. The summed E-state index contributed by atoms with van der Waals surface area (Å²) in [6.45, 7) is 2.92. The quantitative estimate of drug-likeness (QED) is 0.640. The van der Waals surface area contributed by atoms with Gasteiger partial charge >= 0.3 is 0 Å². The monoisotopic (exact) mass is 161 g/mol. The Morgan fingerprint density at radius 1 is 1.50 bits per heavy atom. The van der Waals surface area contributed by atoms with Crippen molar-refractivity contribution < 1.29 is 0 Å². The molecule has 3 heteroatoms. The van der Waals surface area contributed by atoms with Crippen molar-refractivity contribution in [2.75, 3.05) is 6.54 Å². The number of nitrogens with zero attached hydrogens (tertiary/aromatic N) is 1. The molecule has 0 aromatic carbocycles. The predicted molar refractivity (Wildman–Crippen MR) is 48.1 cm³/mol. The van der Waals surface area contributed by atoms with Gasteiger partial charge in [0.2, 0.25) is 0 Å². The molecule has 0 radical (unpaired) electrons. The van der Waals surface area contributed by atoms with Crippen molar-refractivity contribution in [1.82, 2.24) is 15.8 Å². The molecule has 0 saturated carbocycles. The Labute approximate surface area is 71.5 Å². The highest BCUT2D eigenvalue weighted by Gasteiger charge is 2.08. The van der Waals surface area contributed by atoms with E-state index >= 15 is 0 Å². The van der Waals surface area contributed by atoms with Gasteiger partial charge in [0.1, 0.15) is 0 Å². The molecule has 0 bridgehead atoms. The molecule has 2 heterocycles. The van der Waals surface area contributed by atoms with E-state index in [0.29, 0.717) is 0 Å². The van der Waals surface area contributed by atoms with Crippen LogP contribution in [0.15, 0.2) is 24.5 Å². The van der Waals surface area contributed by atoms with E-state index < -0.39 is 0 Å². The maximum absolute atomic E-state index is 4.31. The van der Waals surface area contributed by atoms with Gasteiger partial charge in [-0.05, 0) is 18.6 Å². The van der Waals surface area contributed by atoms with Crippen LogP contribution in [0.3, 0.4) is 0 Å². The van der Waals surface area contributed by atoms with Gasteiger partial charge < -0.3 is 5.43 Å². The first-order valence-corrected chi connectivity index (χ1v) is 3.97. The maximum atomic E-state index is 4.31. The first-order chi connectivity index (χ1) is 5.88. The summed E-state index contributed by atoms with van der Waals surface area (Å²) in [5.41, 5.74) is 9.47. The van der Waals surface area contributed by atoms with Crippen LogP contribution in [0.2, 0.25) is 0 Å². The fourth-order valence-electron chi connectivity index (χ4n) is 1.31. The van der Waals surface area contributed by atoms with Gasteiger partial charge in [-0.2, -0.15) is 0 Å². The number of rotatable bonds is 1. The Hall–Kier alpha value is -1.35. The molecule has 0 fully saturated rings. The predicted octanol–water partition coefficient (Wildman–Crippen LogP) is 0.839. The fraction of sp³-hybridized carbons (Fsp3) is 0.222. The molecular weight excluding hydrogens is 150 g/mol. The van der Waals surface area contributed by atoms with Gasteiger partial charge in [-0.15, -0.1) is 0 Å². The molecule has 1 aromatic heterocycles. The number of hydrogen-bond acceptors (Lipinski definition) is 3. The van der Waals surface area contributed by atoms with Crippen molar-refractivity contribution in [2.24, 2.45) is 0 Å². The minimum Gasteiger partial charge on any atom is -0.328 e. The molecular formula is C9H11N3. The van der Waals surface area contributed by atoms with E-state index in [-0.39, 0.29) is 0 Å². The maximum Gasteiger partial charge on any atom is 0.0719 e. The Morgan fingerprint density at radius 2 is 2.42 bits per heavy atom. The minimum atomic E-state index is 0.845. The molecule has 0 aliphatic carbocycles. The van der Waals surface area contributed by atoms with Gasteiger partial charge in [0, 0.05) is 24.5 Å². The first-order valence-electron chi connectivity index (χ1n) is 3.97. The number of hydrogen-bond donors (Lipinski definition) is 2. The fourth-order valence-corrected chi connectivity index (χ4v) is 1.31. The molecule has 62 valence electrons. The normalized spacial score (nSPS) is 15.6. The van der Waals surface area contributed by atoms with Crippen LogP contribution < -0.4 is 10.9 Å². The number of nitrogens with one attached hydrogen (secondary N) is 2. The van der Waals surface area contributed by atoms with Crippen LogP contribution in [0.25, 0.3) is 5.57 Å². The van der Waals surface area contributed by atoms with Crippen molar-refractivity contribution in [1.29, 1.82) is 0 Å². The lowest BCUT2D eigenvalue weighted by atomic mass is 10.1. The number of pyridine rings is 1. The van der Waals surface area contributed by atoms with Crippen LogP contribution in [0.4, 0.5) is 0 Å². The molecule has 1 aromatic rings. The van der Waals surface area contributed by atoms with Crippen LogP contribution in [0.5, 0.6) is 0 Å². The third kappa shape index (κ3) is 1.19. The van der Waals surface area contributed by atoms with E-state index in [1.54, 1.807) is 0 Å². The molecule has 2 N–H and O–H groups in total. The standard InChI is InChI=1S/C9H11N3/c1-7-3-2-4-10-9(7)8-5-11-12-6-8/h2-5,11-12H,6H2,1H3. The average Bonchev–Trinajstić information content (AvgIpc) is 2.57. The number of hydrazine groups is 1. The zero-order valence-corrected chi connectivity index (χ0v) is 6.96. The molecule has 2 rings (SSSR count). The molecule has 0 unspecified atom stereocenters. The van der Waals surface area contributed by atoms with Crippen LogP contribution >= 0.6 is 0 Å². The van der Waals surface area contributed by atoms with Crippen molar-refractivity contribution in [3.63, 3.8) is 0 Å². The second kappa shape index (κ2) is 2.95. The van der Waals surface area contributed by atoms with Gasteiger partial charge in [-0.25, -0.2) is 5.43 Å². The lowest BCUT2D eigenvalue weighted by Gasteiger charge is -2.02. The second-order valence-electron chi connectivity index (χ2n) is 2.84. The Balaban J connectivity index is 2.39. The van der Waals surface area contributed by atoms with Crippen LogP contribution in [-0.2, 0) is 0 Å². The summed E-state index contributed by atoms with van der Waals surface area (Å²) in [7, 11) is 0. The Morgan fingerprint density at radius 3 is 3.08 bits per heavy atom. The highest BCUT2D eigenvalue weighted by molar-refractivity contribution is 5.67. The van der Waals surface area contributed by atoms with Crippen LogP contribution in [0.1, 0.15) is 11.3 Å². The largest absolute Gasteiger partial charge is 0.328 e. The summed E-state index contributed by atoms with van der Waals surface area (Å²) in [4.78, 5) is 4.31. The van der Waals surface area contributed by atoms with Gasteiger partial charge in [0.25, 0.3) is 0 Å². The van der Waals surface area contributed by atoms with Gasteiger partial charge in [0.05, 0.1) is 5.69 Å². The molecule has 0 atom stereocenters.